The van der Waals surface area contributed by atoms with Crippen LogP contribution in [0.4, 0.5) is 35.0 Å². The second-order valence-corrected chi connectivity index (χ2v) is 6.20. The van der Waals surface area contributed by atoms with E-state index in [1.54, 1.807) is 0 Å². The van der Waals surface area contributed by atoms with Crippen molar-refractivity contribution >= 4 is 29.1 Å². The molecule has 1 heterocycles. The molecular weight excluding hydrogens is 434 g/mol. The Balaban J connectivity index is 1.78. The molecule has 0 unspecified atom stereocenters. The van der Waals surface area contributed by atoms with E-state index in [2.05, 4.69) is 30.7 Å². The van der Waals surface area contributed by atoms with E-state index in [1.807, 2.05) is 0 Å². The van der Waals surface area contributed by atoms with Crippen LogP contribution in [0.15, 0.2) is 66.0 Å². The number of Topliss-reactive ketones (excluding diaryl/α,β-unsaturated/α-hetero) is 1. The number of likely N-dealkylation sites (N-methyl/N-ethyl adjacent to an activating group) is 1. The fourth-order valence-corrected chi connectivity index (χ4v) is 2.52. The molecule has 32 heavy (non-hydrogen) atoms. The van der Waals surface area contributed by atoms with Crippen LogP contribution in [0.5, 0.6) is 5.75 Å². The Labute approximate surface area is 178 Å². The van der Waals surface area contributed by atoms with Crippen LogP contribution >= 0.6 is 0 Å². The van der Waals surface area contributed by atoms with E-state index in [9.17, 15) is 27.2 Å². The van der Waals surface area contributed by atoms with E-state index >= 15 is 0 Å². The average molecular weight is 449 g/mol. The van der Waals surface area contributed by atoms with Crippen LogP contribution < -0.4 is 20.7 Å². The van der Waals surface area contributed by atoms with Crippen LogP contribution in [0.3, 0.4) is 0 Å². The number of ether oxygens (including phenoxy) is 1. The van der Waals surface area contributed by atoms with Crippen molar-refractivity contribution in [1.29, 1.82) is 0 Å². The maximum absolute atomic E-state index is 14.2. The summed E-state index contributed by atoms with van der Waals surface area (Å²) >= 11 is 0. The smallest absolute Gasteiger partial charge is 0.406 e. The van der Waals surface area contributed by atoms with Crippen LogP contribution in [-0.4, -0.2) is 35.1 Å². The molecule has 3 N–H and O–H groups in total. The quantitative estimate of drug-likeness (QED) is 0.459. The fourth-order valence-electron chi connectivity index (χ4n) is 2.52. The summed E-state index contributed by atoms with van der Waals surface area (Å²) in [7, 11) is 1.41. The normalized spacial score (nSPS) is 14.7. The van der Waals surface area contributed by atoms with Gasteiger partial charge >= 0.3 is 6.36 Å². The van der Waals surface area contributed by atoms with E-state index in [-0.39, 0.29) is 28.7 Å². The standard InChI is InChI=1S/C20H15F4N5O3/c1-25-16(30)8-11-4-2-7-15(17(11)31)28-19-26-10-14(21)18(29-19)27-12-5-3-6-13(9-12)32-20(22,23)24/h2-10H,1H3,(H,25,30)(H2,26,27,28,29). The summed E-state index contributed by atoms with van der Waals surface area (Å²) in [6.45, 7) is 0. The molecule has 166 valence electrons. The number of rotatable bonds is 6. The fraction of sp³-hybridized carbons (Fsp3) is 0.100. The van der Waals surface area contributed by atoms with E-state index in [1.165, 1.54) is 37.4 Å². The van der Waals surface area contributed by atoms with Gasteiger partial charge in [-0.15, -0.1) is 13.2 Å². The first-order valence-electron chi connectivity index (χ1n) is 8.93. The number of allylic oxidation sites excluding steroid dienone is 4. The third-order valence-corrected chi connectivity index (χ3v) is 3.90. The van der Waals surface area contributed by atoms with Gasteiger partial charge in [-0.05, 0) is 18.2 Å². The first-order valence-corrected chi connectivity index (χ1v) is 8.93. The lowest BCUT2D eigenvalue weighted by molar-refractivity contribution is -0.274. The summed E-state index contributed by atoms with van der Waals surface area (Å²) in [5.74, 6) is -2.90. The summed E-state index contributed by atoms with van der Waals surface area (Å²) in [4.78, 5) is 31.6. The Morgan fingerprint density at radius 3 is 2.72 bits per heavy atom. The summed E-state index contributed by atoms with van der Waals surface area (Å²) in [5, 5.41) is 7.53. The number of nitrogens with one attached hydrogen (secondary N) is 3. The molecule has 12 heteroatoms. The van der Waals surface area contributed by atoms with Gasteiger partial charge in [-0.3, -0.25) is 9.59 Å². The van der Waals surface area contributed by atoms with Gasteiger partial charge in [0.2, 0.25) is 17.6 Å². The highest BCUT2D eigenvalue weighted by molar-refractivity contribution is 6.15. The third-order valence-electron chi connectivity index (χ3n) is 3.90. The van der Waals surface area contributed by atoms with Gasteiger partial charge in [0, 0.05) is 30.5 Å². The number of aromatic nitrogens is 2. The molecule has 8 nitrogen and oxygen atoms in total. The third kappa shape index (κ3) is 5.90. The van der Waals surface area contributed by atoms with Crippen molar-refractivity contribution in [2.24, 2.45) is 0 Å². The van der Waals surface area contributed by atoms with E-state index in [4.69, 9.17) is 0 Å². The van der Waals surface area contributed by atoms with Gasteiger partial charge in [0.05, 0.1) is 11.9 Å². The molecule has 0 radical (unpaired) electrons. The Morgan fingerprint density at radius 1 is 1.22 bits per heavy atom. The molecule has 1 aromatic heterocycles. The maximum atomic E-state index is 14.2. The Kier molecular flexibility index (Phi) is 6.52. The molecule has 1 aliphatic carbocycles. The zero-order valence-electron chi connectivity index (χ0n) is 16.3. The predicted octanol–water partition coefficient (Wildman–Crippen LogP) is 3.37. The molecule has 2 aromatic rings. The summed E-state index contributed by atoms with van der Waals surface area (Å²) in [5.41, 5.74) is 0.207. The minimum atomic E-state index is -4.88. The number of anilines is 3. The number of ketones is 1. The molecule has 0 bridgehead atoms. The molecule has 1 aliphatic rings. The van der Waals surface area contributed by atoms with Crippen molar-refractivity contribution in [3.63, 3.8) is 0 Å². The average Bonchev–Trinajstić information content (AvgIpc) is 2.72. The van der Waals surface area contributed by atoms with E-state index in [0.717, 1.165) is 24.4 Å². The van der Waals surface area contributed by atoms with Crippen molar-refractivity contribution in [2.45, 2.75) is 6.36 Å². The molecule has 0 saturated heterocycles. The number of hydrogen-bond acceptors (Lipinski definition) is 7. The van der Waals surface area contributed by atoms with Crippen molar-refractivity contribution in [2.75, 3.05) is 17.7 Å². The van der Waals surface area contributed by atoms with Gasteiger partial charge in [0.15, 0.2) is 11.6 Å². The highest BCUT2D eigenvalue weighted by Crippen LogP contribution is 2.27. The molecule has 0 fully saturated rings. The van der Waals surface area contributed by atoms with Gasteiger partial charge in [0.25, 0.3) is 0 Å². The summed E-state index contributed by atoms with van der Waals surface area (Å²) in [6.07, 6.45) is 1.43. The zero-order chi connectivity index (χ0) is 23.3. The minimum Gasteiger partial charge on any atom is -0.406 e. The Hall–Kier alpha value is -4.22. The Morgan fingerprint density at radius 2 is 2.00 bits per heavy atom. The molecular formula is C20H15F4N5O3. The first kappa shape index (κ1) is 22.5. The first-order chi connectivity index (χ1) is 15.1. The number of halogens is 4. The lowest BCUT2D eigenvalue weighted by Gasteiger charge is -2.14. The molecule has 0 saturated carbocycles. The number of hydrogen-bond donors (Lipinski definition) is 3. The largest absolute Gasteiger partial charge is 0.573 e. The van der Waals surface area contributed by atoms with Crippen molar-refractivity contribution in [3.8, 4) is 5.75 Å². The highest BCUT2D eigenvalue weighted by atomic mass is 19.4. The number of carbonyl (C=O) groups is 2. The summed E-state index contributed by atoms with van der Waals surface area (Å²) < 4.78 is 55.2. The number of carbonyl (C=O) groups excluding carboxylic acids is 2. The molecule has 3 rings (SSSR count). The van der Waals surface area contributed by atoms with Gasteiger partial charge < -0.3 is 20.7 Å². The number of alkyl halides is 3. The monoisotopic (exact) mass is 449 g/mol. The van der Waals surface area contributed by atoms with Crippen LogP contribution in [0.25, 0.3) is 0 Å². The SMILES string of the molecule is CNC(=O)C=C1C=CC=C(Nc2ncc(F)c(Nc3cccc(OC(F)(F)F)c3)n2)C1=O. The number of nitrogens with zero attached hydrogens (tertiary/aromatic N) is 2. The van der Waals surface area contributed by atoms with Crippen molar-refractivity contribution in [1.82, 2.24) is 15.3 Å². The van der Waals surface area contributed by atoms with Crippen LogP contribution in [-0.2, 0) is 9.59 Å². The van der Waals surface area contributed by atoms with E-state index < -0.39 is 29.6 Å². The van der Waals surface area contributed by atoms with Crippen LogP contribution in [0.1, 0.15) is 0 Å². The van der Waals surface area contributed by atoms with Crippen molar-refractivity contribution < 1.29 is 31.9 Å². The minimum absolute atomic E-state index is 0.0285. The van der Waals surface area contributed by atoms with Gasteiger partial charge in [0.1, 0.15) is 5.75 Å². The maximum Gasteiger partial charge on any atom is 0.573 e. The lowest BCUT2D eigenvalue weighted by atomic mass is 10.0. The van der Waals surface area contributed by atoms with Crippen molar-refractivity contribution in [3.05, 3.63) is 71.9 Å². The van der Waals surface area contributed by atoms with Gasteiger partial charge in [-0.2, -0.15) is 4.98 Å². The lowest BCUT2D eigenvalue weighted by Crippen LogP contribution is -2.20. The number of amides is 1. The Bertz CT molecular complexity index is 1140. The predicted molar refractivity (Wildman–Crippen MR) is 106 cm³/mol. The molecule has 0 aliphatic heterocycles. The molecule has 0 spiro atoms. The molecule has 0 atom stereocenters. The second kappa shape index (κ2) is 9.29. The number of benzene rings is 1. The molecule has 1 amide bonds. The van der Waals surface area contributed by atoms with Gasteiger partial charge in [-0.1, -0.05) is 18.2 Å². The van der Waals surface area contributed by atoms with Gasteiger partial charge in [-0.25, -0.2) is 9.37 Å². The molecule has 1 aromatic carbocycles. The second-order valence-electron chi connectivity index (χ2n) is 6.20. The topological polar surface area (TPSA) is 105 Å². The zero-order valence-corrected chi connectivity index (χ0v) is 16.3. The van der Waals surface area contributed by atoms with E-state index in [0.29, 0.717) is 0 Å². The highest BCUT2D eigenvalue weighted by Gasteiger charge is 2.31. The summed E-state index contributed by atoms with van der Waals surface area (Å²) in [6, 6.07) is 4.75. The van der Waals surface area contributed by atoms with Crippen LogP contribution in [0.2, 0.25) is 0 Å². The van der Waals surface area contributed by atoms with Crippen LogP contribution in [0, 0.1) is 5.82 Å².